The van der Waals surface area contributed by atoms with Crippen molar-refractivity contribution in [3.8, 4) is 0 Å². The summed E-state index contributed by atoms with van der Waals surface area (Å²) < 4.78 is 235. The minimum absolute atomic E-state index is 0. The Labute approximate surface area is 195 Å². The third-order valence-electron chi connectivity index (χ3n) is 3.03. The van der Waals surface area contributed by atoms with Crippen molar-refractivity contribution in [2.24, 2.45) is 0 Å². The molecule has 0 bridgehead atoms. The molecular formula is C8HF17KNO2S. The second kappa shape index (κ2) is 7.99. The molecule has 0 aromatic rings. The van der Waals surface area contributed by atoms with Gasteiger partial charge in [-0.05, 0) is 0 Å². The molecule has 0 aromatic heterocycles. The Morgan fingerprint density at radius 1 is 0.433 bits per heavy atom. The quantitative estimate of drug-likeness (QED) is 0.370. The molecule has 0 spiro atoms. The van der Waals surface area contributed by atoms with E-state index >= 15 is 0 Å². The zero-order valence-corrected chi connectivity index (χ0v) is 17.1. The van der Waals surface area contributed by atoms with Gasteiger partial charge in [-0.3, -0.25) is 0 Å². The van der Waals surface area contributed by atoms with Crippen molar-refractivity contribution >= 4 is 10.0 Å². The molecule has 0 saturated heterocycles. The minimum Gasteiger partial charge on any atom is -0.559 e. The number of sulfonamides is 1. The van der Waals surface area contributed by atoms with Crippen molar-refractivity contribution in [2.75, 3.05) is 0 Å². The fraction of sp³-hybridized carbons (Fsp3) is 1.00. The van der Waals surface area contributed by atoms with Gasteiger partial charge in [0.25, 0.3) is 0 Å². The molecule has 0 aliphatic heterocycles. The predicted molar refractivity (Wildman–Crippen MR) is 53.9 cm³/mol. The van der Waals surface area contributed by atoms with Gasteiger partial charge >= 0.3 is 98.4 Å². The van der Waals surface area contributed by atoms with Crippen LogP contribution in [0.4, 0.5) is 74.6 Å². The third kappa shape index (κ3) is 4.05. The molecule has 176 valence electrons. The second-order valence-electron chi connectivity index (χ2n) is 4.96. The van der Waals surface area contributed by atoms with E-state index in [0.29, 0.717) is 0 Å². The fourth-order valence-electron chi connectivity index (χ4n) is 1.32. The normalized spacial score (nSPS) is 16.3. The molecule has 30 heavy (non-hydrogen) atoms. The largest absolute Gasteiger partial charge is 1.00 e. The van der Waals surface area contributed by atoms with Gasteiger partial charge < -0.3 is 5.14 Å². The van der Waals surface area contributed by atoms with E-state index < -0.39 is 57.0 Å². The Morgan fingerprint density at radius 3 is 0.833 bits per heavy atom. The molecule has 1 N–H and O–H groups in total. The molecule has 0 amide bonds. The zero-order valence-electron chi connectivity index (χ0n) is 13.2. The fourth-order valence-corrected chi connectivity index (χ4v) is 1.78. The summed E-state index contributed by atoms with van der Waals surface area (Å²) in [6.45, 7) is 0. The van der Waals surface area contributed by atoms with Crippen LogP contribution in [0.5, 0.6) is 0 Å². The van der Waals surface area contributed by atoms with Gasteiger partial charge in [-0.1, -0.05) is 0 Å². The van der Waals surface area contributed by atoms with Gasteiger partial charge in [0, 0.05) is 0 Å². The third-order valence-corrected chi connectivity index (χ3v) is 3.96. The maximum Gasteiger partial charge on any atom is 1.00 e. The van der Waals surface area contributed by atoms with Gasteiger partial charge in [0.2, 0.25) is 0 Å². The molecule has 0 aromatic carbocycles. The molecule has 0 unspecified atom stereocenters. The minimum atomic E-state index is -8.87. The number of halogens is 17. The zero-order chi connectivity index (χ0) is 24.5. The van der Waals surface area contributed by atoms with Crippen LogP contribution in [-0.2, 0) is 10.0 Å². The molecule has 22 heteroatoms. The summed E-state index contributed by atoms with van der Waals surface area (Å²) in [6.07, 6.45) is -7.87. The Kier molecular flexibility index (Phi) is 8.66. The van der Waals surface area contributed by atoms with Crippen LogP contribution < -0.4 is 51.4 Å². The van der Waals surface area contributed by atoms with E-state index in [1.807, 2.05) is 0 Å². The van der Waals surface area contributed by atoms with E-state index in [4.69, 9.17) is 5.14 Å². The van der Waals surface area contributed by atoms with E-state index in [-0.39, 0.29) is 51.4 Å². The molecular weight excluding hydrogens is 536 g/mol. The van der Waals surface area contributed by atoms with Crippen molar-refractivity contribution in [2.45, 2.75) is 47.0 Å². The summed E-state index contributed by atoms with van der Waals surface area (Å²) in [6, 6.07) is 0. The van der Waals surface area contributed by atoms with Crippen LogP contribution in [-0.4, -0.2) is 55.4 Å². The molecule has 0 aliphatic rings. The van der Waals surface area contributed by atoms with E-state index in [9.17, 15) is 83.1 Å². The van der Waals surface area contributed by atoms with Crippen LogP contribution in [0, 0.1) is 0 Å². The topological polar surface area (TPSA) is 57.9 Å². The Morgan fingerprint density at radius 2 is 0.633 bits per heavy atom. The van der Waals surface area contributed by atoms with Gasteiger partial charge in [0.15, 0.2) is 0 Å². The Hall–Kier alpha value is 0.356. The van der Waals surface area contributed by atoms with Crippen LogP contribution in [0.25, 0.3) is 5.14 Å². The molecule has 0 heterocycles. The number of hydrogen-bond acceptors (Lipinski definition) is 2. The Bertz CT molecular complexity index is 741. The first-order valence-electron chi connectivity index (χ1n) is 5.70. The van der Waals surface area contributed by atoms with E-state index in [1.165, 1.54) is 0 Å². The summed E-state index contributed by atoms with van der Waals surface area (Å²) in [7, 11) is -7.64. The summed E-state index contributed by atoms with van der Waals surface area (Å²) in [4.78, 5) is 0. The second-order valence-corrected chi connectivity index (χ2v) is 6.48. The van der Waals surface area contributed by atoms with Crippen molar-refractivity contribution in [3.05, 3.63) is 5.14 Å². The molecule has 3 nitrogen and oxygen atoms in total. The van der Waals surface area contributed by atoms with Crippen LogP contribution >= 0.6 is 0 Å². The summed E-state index contributed by atoms with van der Waals surface area (Å²) in [5.41, 5.74) is 0. The predicted octanol–water partition coefficient (Wildman–Crippen LogP) is 2.34. The van der Waals surface area contributed by atoms with Crippen molar-refractivity contribution in [1.82, 2.24) is 0 Å². The molecule has 0 saturated carbocycles. The monoisotopic (exact) mass is 537 g/mol. The van der Waals surface area contributed by atoms with Gasteiger partial charge in [0.05, 0.1) is 0 Å². The first-order chi connectivity index (χ1) is 12.0. The molecule has 0 rings (SSSR count). The molecule has 0 atom stereocenters. The molecule has 0 aliphatic carbocycles. The van der Waals surface area contributed by atoms with Crippen LogP contribution in [0.1, 0.15) is 0 Å². The average Bonchev–Trinajstić information content (AvgIpc) is 2.43. The number of hydrogen-bond donors (Lipinski definition) is 0. The SMILES string of the molecule is [K+].[NH-]S(=O)(=O)C(F)(F)C(F)(F)C(F)(F)C(F)(F)C(F)(F)C(F)(F)C(F)(F)C(F)(F)F. The molecule has 0 fully saturated rings. The summed E-state index contributed by atoms with van der Waals surface area (Å²) >= 11 is 0. The smallest absolute Gasteiger partial charge is 0.559 e. The first-order valence-corrected chi connectivity index (χ1v) is 7.19. The van der Waals surface area contributed by atoms with Gasteiger partial charge in [-0.15, -0.1) is 0 Å². The van der Waals surface area contributed by atoms with Crippen LogP contribution in [0.15, 0.2) is 0 Å². The van der Waals surface area contributed by atoms with E-state index in [2.05, 4.69) is 0 Å². The van der Waals surface area contributed by atoms with Crippen molar-refractivity contribution < 1.29 is 134 Å². The van der Waals surface area contributed by atoms with Crippen LogP contribution in [0.2, 0.25) is 0 Å². The van der Waals surface area contributed by atoms with Gasteiger partial charge in [0.1, 0.15) is 10.0 Å². The summed E-state index contributed by atoms with van der Waals surface area (Å²) in [5.74, 6) is -51.8. The van der Waals surface area contributed by atoms with Gasteiger partial charge in [-0.25, -0.2) is 8.42 Å². The van der Waals surface area contributed by atoms with Crippen molar-refractivity contribution in [3.63, 3.8) is 0 Å². The maximum atomic E-state index is 13.1. The summed E-state index contributed by atoms with van der Waals surface area (Å²) in [5, 5.41) is -2.24. The van der Waals surface area contributed by atoms with E-state index in [0.717, 1.165) is 0 Å². The number of rotatable bonds is 7. The van der Waals surface area contributed by atoms with Gasteiger partial charge in [-0.2, -0.15) is 74.6 Å². The first kappa shape index (κ1) is 32.5. The van der Waals surface area contributed by atoms with E-state index in [1.54, 1.807) is 0 Å². The standard InChI is InChI=1S/C8HF17NO2S.K/c9-1(10,3(13,14)5(17,18)7(21,22)23)2(11,12)4(15,16)6(19,20)8(24,25)29(26,27)28;/h(H-,26,27,28);/q-1;+1. The maximum absolute atomic E-state index is 13.1. The average molecular weight is 537 g/mol. The Balaban J connectivity index is 0. The molecule has 0 radical (unpaired) electrons. The number of alkyl halides is 17. The van der Waals surface area contributed by atoms with Crippen LogP contribution in [0.3, 0.4) is 0 Å². The number of nitrogens with one attached hydrogen (secondary N) is 1. The van der Waals surface area contributed by atoms with Crippen molar-refractivity contribution in [1.29, 1.82) is 0 Å².